The molecule has 0 spiro atoms. The van der Waals surface area contributed by atoms with Crippen LogP contribution in [0, 0.1) is 0 Å². The summed E-state index contributed by atoms with van der Waals surface area (Å²) < 4.78 is 0. The van der Waals surface area contributed by atoms with Gasteiger partial charge in [-0.25, -0.2) is 0 Å². The molecule has 0 rings (SSSR count). The molecule has 0 aromatic carbocycles. The van der Waals surface area contributed by atoms with Crippen molar-refractivity contribution < 1.29 is 50.8 Å². The minimum absolute atomic E-state index is 0. The Labute approximate surface area is 159 Å². The molecular weight excluding hydrogens is 293 g/mol. The Bertz CT molecular complexity index is 242. The molecule has 0 aromatic rings. The number of nitrogens with zero attached hydrogens (tertiary/aromatic N) is 1. The quantitative estimate of drug-likeness (QED) is 0.247. The normalized spacial score (nSPS) is 10.5. The van der Waals surface area contributed by atoms with Crippen LogP contribution in [0.1, 0.15) is 72.6 Å². The molecule has 0 heterocycles. The fraction of sp³-hybridized carbons (Fsp3) is 0.938. The van der Waals surface area contributed by atoms with Crippen LogP contribution in [0.5, 0.6) is 0 Å². The van der Waals surface area contributed by atoms with Crippen molar-refractivity contribution in [2.75, 3.05) is 26.3 Å². The summed E-state index contributed by atoms with van der Waals surface area (Å²) in [7, 11) is 0. The Morgan fingerprint density at radius 3 is 1.82 bits per heavy atom. The molecule has 0 bridgehead atoms. The zero-order chi connectivity index (χ0) is 15.8. The Morgan fingerprint density at radius 2 is 1.36 bits per heavy atom. The van der Waals surface area contributed by atoms with Gasteiger partial charge in [-0.1, -0.05) is 58.3 Å². The van der Waals surface area contributed by atoms with Crippen molar-refractivity contribution in [3.05, 3.63) is 0 Å². The molecule has 0 aliphatic carbocycles. The molecule has 0 aliphatic heterocycles. The fourth-order valence-corrected chi connectivity index (χ4v) is 2.20. The molecule has 128 valence electrons. The summed E-state index contributed by atoms with van der Waals surface area (Å²) in [6.07, 6.45) is 11.3. The summed E-state index contributed by atoms with van der Waals surface area (Å²) in [5.41, 5.74) is 0. The van der Waals surface area contributed by atoms with E-state index < -0.39 is 0 Å². The first-order valence-electron chi connectivity index (χ1n) is 8.42. The number of aliphatic hydroxyl groups is 2. The molecule has 0 atom stereocenters. The second-order valence-corrected chi connectivity index (χ2v) is 5.42. The average molecular weight is 327 g/mol. The number of hydrogen-bond acceptors (Lipinski definition) is 5. The van der Waals surface area contributed by atoms with Gasteiger partial charge < -0.3 is 16.5 Å². The summed E-state index contributed by atoms with van der Waals surface area (Å²) in [4.78, 5) is 16.7. The van der Waals surface area contributed by atoms with Crippen LogP contribution in [0.2, 0.25) is 0 Å². The van der Waals surface area contributed by atoms with Crippen molar-refractivity contribution >= 4 is 5.97 Å². The zero-order valence-electron chi connectivity index (χ0n) is 15.6. The number of carbonyl (C=O) groups excluding carboxylic acids is 1. The molecule has 0 fully saturated rings. The number of aliphatic hydroxyl groups excluding tert-OH is 2. The van der Waals surface area contributed by atoms with Gasteiger partial charge in [-0.2, -0.15) is 0 Å². The van der Waals surface area contributed by atoms with E-state index in [1.165, 1.54) is 50.0 Å². The van der Waals surface area contributed by atoms with E-state index in [-0.39, 0.29) is 63.3 Å². The molecule has 5 nitrogen and oxygen atoms in total. The van der Waals surface area contributed by atoms with E-state index in [1.54, 1.807) is 0 Å². The number of unbranched alkanes of at least 4 members (excludes halogenated alkanes) is 8. The van der Waals surface area contributed by atoms with Crippen LogP contribution in [0.25, 0.3) is 0 Å². The average Bonchev–Trinajstić information content (AvgIpc) is 2.46. The van der Waals surface area contributed by atoms with Crippen molar-refractivity contribution in [1.29, 1.82) is 0 Å². The molecule has 0 amide bonds. The number of hydrogen-bond donors (Lipinski definition) is 2. The number of carbonyl (C=O) groups is 1. The van der Waals surface area contributed by atoms with Crippen molar-refractivity contribution in [2.45, 2.75) is 71.1 Å². The van der Waals surface area contributed by atoms with Gasteiger partial charge in [0.15, 0.2) is 0 Å². The molecule has 6 heteroatoms. The predicted octanol–water partition coefficient (Wildman–Crippen LogP) is -0.231. The van der Waals surface area contributed by atoms with Crippen LogP contribution >= 0.6 is 0 Å². The third-order valence-corrected chi connectivity index (χ3v) is 3.41. The van der Waals surface area contributed by atoms with Crippen molar-refractivity contribution in [3.8, 4) is 0 Å². The van der Waals surface area contributed by atoms with E-state index in [1.807, 2.05) is 0 Å². The first kappa shape index (κ1) is 24.6. The summed E-state index contributed by atoms with van der Waals surface area (Å²) >= 11 is 0. The SMILES string of the molecule is CCCCCCCCCCCC(=O)ON(CCO)CCO.[H-].[Na+]. The molecule has 0 saturated heterocycles. The number of rotatable bonds is 15. The van der Waals surface area contributed by atoms with E-state index in [0.717, 1.165) is 12.8 Å². The molecule has 0 unspecified atom stereocenters. The molecule has 22 heavy (non-hydrogen) atoms. The molecule has 0 aromatic heterocycles. The maximum Gasteiger partial charge on any atom is 1.00 e. The number of hydroxylamine groups is 2. The van der Waals surface area contributed by atoms with Gasteiger partial charge in [-0.05, 0) is 6.42 Å². The van der Waals surface area contributed by atoms with Crippen LogP contribution in [-0.2, 0) is 9.63 Å². The molecule has 0 radical (unpaired) electrons. The minimum atomic E-state index is -0.278. The minimum Gasteiger partial charge on any atom is -1.00 e. The Kier molecular flexibility index (Phi) is 21.7. The van der Waals surface area contributed by atoms with Gasteiger partial charge in [0, 0.05) is 6.42 Å². The van der Waals surface area contributed by atoms with E-state index in [9.17, 15) is 4.79 Å². The van der Waals surface area contributed by atoms with Gasteiger partial charge in [0.1, 0.15) is 0 Å². The van der Waals surface area contributed by atoms with Gasteiger partial charge in [0.05, 0.1) is 26.3 Å². The zero-order valence-corrected chi connectivity index (χ0v) is 16.6. The molecule has 0 aliphatic rings. The third-order valence-electron chi connectivity index (χ3n) is 3.41. The maximum atomic E-state index is 11.6. The van der Waals surface area contributed by atoms with Crippen LogP contribution in [0.3, 0.4) is 0 Å². The molecular formula is C16H34NNaO4. The first-order valence-corrected chi connectivity index (χ1v) is 8.42. The predicted molar refractivity (Wildman–Crippen MR) is 84.8 cm³/mol. The Morgan fingerprint density at radius 1 is 0.909 bits per heavy atom. The van der Waals surface area contributed by atoms with Crippen LogP contribution < -0.4 is 29.6 Å². The van der Waals surface area contributed by atoms with E-state index in [0.29, 0.717) is 6.42 Å². The second-order valence-electron chi connectivity index (χ2n) is 5.42. The van der Waals surface area contributed by atoms with Crippen LogP contribution in [0.4, 0.5) is 0 Å². The molecule has 0 saturated carbocycles. The standard InChI is InChI=1S/C16H33NO4.Na.H/c1-2-3-4-5-6-7-8-9-10-11-16(20)21-17(12-14-18)13-15-19;;/h18-19H,2-15H2,1H3;;/q;+1;-1. The largest absolute Gasteiger partial charge is 1.00 e. The van der Waals surface area contributed by atoms with E-state index in [4.69, 9.17) is 15.1 Å². The van der Waals surface area contributed by atoms with Gasteiger partial charge in [-0.15, -0.1) is 5.06 Å². The Hall–Kier alpha value is 0.350. The van der Waals surface area contributed by atoms with Crippen molar-refractivity contribution in [3.63, 3.8) is 0 Å². The fourth-order valence-electron chi connectivity index (χ4n) is 2.20. The maximum absolute atomic E-state index is 11.6. The monoisotopic (exact) mass is 327 g/mol. The smallest absolute Gasteiger partial charge is 1.00 e. The van der Waals surface area contributed by atoms with Crippen molar-refractivity contribution in [1.82, 2.24) is 5.06 Å². The van der Waals surface area contributed by atoms with Gasteiger partial charge in [-0.3, -0.25) is 4.79 Å². The van der Waals surface area contributed by atoms with Gasteiger partial charge in [0.2, 0.25) is 0 Å². The third kappa shape index (κ3) is 16.7. The van der Waals surface area contributed by atoms with Gasteiger partial charge >= 0.3 is 35.5 Å². The van der Waals surface area contributed by atoms with E-state index >= 15 is 0 Å². The van der Waals surface area contributed by atoms with E-state index in [2.05, 4.69) is 6.92 Å². The Balaban J connectivity index is -0.00000200. The second kappa shape index (κ2) is 19.4. The van der Waals surface area contributed by atoms with Crippen molar-refractivity contribution in [2.24, 2.45) is 0 Å². The summed E-state index contributed by atoms with van der Waals surface area (Å²) in [5.74, 6) is -0.278. The summed E-state index contributed by atoms with van der Waals surface area (Å²) in [6.45, 7) is 2.52. The van der Waals surface area contributed by atoms with Gasteiger partial charge in [0.25, 0.3) is 0 Å². The summed E-state index contributed by atoms with van der Waals surface area (Å²) in [6, 6.07) is 0. The molecule has 2 N–H and O–H groups in total. The van der Waals surface area contributed by atoms with Crippen LogP contribution in [0.15, 0.2) is 0 Å². The first-order chi connectivity index (χ1) is 10.2. The topological polar surface area (TPSA) is 70.0 Å². The summed E-state index contributed by atoms with van der Waals surface area (Å²) in [5, 5.41) is 18.9. The van der Waals surface area contributed by atoms with Crippen LogP contribution in [-0.4, -0.2) is 47.5 Å².